The van der Waals surface area contributed by atoms with Gasteiger partial charge in [0.05, 0.1) is 11.0 Å². The lowest BCUT2D eigenvalue weighted by molar-refractivity contribution is 0.433. The summed E-state index contributed by atoms with van der Waals surface area (Å²) >= 11 is 3.77. The Morgan fingerprint density at radius 2 is 1.21 bits per heavy atom. The van der Waals surface area contributed by atoms with Crippen LogP contribution >= 0.6 is 23.1 Å². The van der Waals surface area contributed by atoms with Crippen molar-refractivity contribution in [2.75, 3.05) is 0 Å². The van der Waals surface area contributed by atoms with Crippen molar-refractivity contribution in [2.45, 2.75) is 17.0 Å². The van der Waals surface area contributed by atoms with E-state index >= 15 is 0 Å². The largest absolute Gasteiger partial charge is 0.347 e. The zero-order valence-corrected chi connectivity index (χ0v) is 32.3. The van der Waals surface area contributed by atoms with Crippen LogP contribution in [-0.4, -0.2) is 22.4 Å². The number of benzene rings is 7. The number of amidine groups is 2. The highest BCUT2D eigenvalue weighted by molar-refractivity contribution is 8.03. The third-order valence-corrected chi connectivity index (χ3v) is 14.0. The molecule has 2 aromatic heterocycles. The standard InChI is InChI=1S/C51H34N4S2/c1-3-12-31(13-4-1)49-52-50(32-14-5-2-6-15-32)54-51(53-49)39-18-11-21-46-48(39)38-25-22-34(29-47(38)57-46)33-23-26-44-40(28-33)41-30-35(24-27-45(41)56-44)55-42-19-9-7-16-36(42)37-17-8-10-20-43(37)55/h1-30,39,48,51H,(H,52,53,54). The van der Waals surface area contributed by atoms with Crippen molar-refractivity contribution in [1.82, 2.24) is 9.88 Å². The molecule has 3 unspecified atom stereocenters. The van der Waals surface area contributed by atoms with Crippen LogP contribution in [0.4, 0.5) is 0 Å². The molecule has 0 saturated heterocycles. The maximum Gasteiger partial charge on any atom is 0.159 e. The first kappa shape index (κ1) is 32.7. The number of aromatic nitrogens is 1. The monoisotopic (exact) mass is 766 g/mol. The average Bonchev–Trinajstić information content (AvgIpc) is 3.95. The summed E-state index contributed by atoms with van der Waals surface area (Å²) < 4.78 is 5.03. The Labute approximate surface area is 338 Å². The SMILES string of the molecule is C1=CC(C2N=C(c3ccccc3)N=C(c3ccccc3)N2)C2C(=C1)Sc1cc(-c3ccc4sc5ccc(-n6c7ccccc7c7ccccc76)cc5c4c3)ccc12. The number of nitrogens with one attached hydrogen (secondary N) is 1. The number of hydrogen-bond donors (Lipinski definition) is 1. The predicted molar refractivity (Wildman–Crippen MR) is 241 cm³/mol. The van der Waals surface area contributed by atoms with Gasteiger partial charge in [0.25, 0.3) is 0 Å². The number of allylic oxidation sites excluding steroid dienone is 3. The van der Waals surface area contributed by atoms with Crippen LogP contribution in [0.15, 0.2) is 202 Å². The van der Waals surface area contributed by atoms with Gasteiger partial charge in [-0.15, -0.1) is 11.3 Å². The fraction of sp³-hybridized carbons (Fsp3) is 0.0588. The summed E-state index contributed by atoms with van der Waals surface area (Å²) in [5, 5.41) is 8.91. The van der Waals surface area contributed by atoms with E-state index in [0.717, 1.165) is 22.8 Å². The second-order valence-electron chi connectivity index (χ2n) is 15.0. The van der Waals surface area contributed by atoms with Gasteiger partial charge in [0.2, 0.25) is 0 Å². The Morgan fingerprint density at radius 1 is 0.561 bits per heavy atom. The zero-order chi connectivity index (χ0) is 37.5. The van der Waals surface area contributed by atoms with Gasteiger partial charge in [-0.3, -0.25) is 0 Å². The number of hydrogen-bond acceptors (Lipinski definition) is 5. The molecule has 1 aliphatic carbocycles. The van der Waals surface area contributed by atoms with Crippen LogP contribution in [0.1, 0.15) is 22.6 Å². The fourth-order valence-electron chi connectivity index (χ4n) is 9.02. The summed E-state index contributed by atoms with van der Waals surface area (Å²) in [5.74, 6) is 1.95. The van der Waals surface area contributed by atoms with Gasteiger partial charge in [-0.05, 0) is 70.1 Å². The lowest BCUT2D eigenvalue weighted by Crippen LogP contribution is -2.44. The Kier molecular flexibility index (Phi) is 7.50. The quantitative estimate of drug-likeness (QED) is 0.190. The summed E-state index contributed by atoms with van der Waals surface area (Å²) in [6, 6.07) is 59.3. The summed E-state index contributed by atoms with van der Waals surface area (Å²) in [5.41, 5.74) is 9.58. The third kappa shape index (κ3) is 5.36. The molecule has 57 heavy (non-hydrogen) atoms. The first-order valence-electron chi connectivity index (χ1n) is 19.4. The number of thiophene rings is 1. The van der Waals surface area contributed by atoms with Gasteiger partial charge in [-0.1, -0.05) is 145 Å². The second kappa shape index (κ2) is 13.1. The molecule has 9 aromatic rings. The fourth-order valence-corrected chi connectivity index (χ4v) is 11.4. The molecule has 3 atom stereocenters. The zero-order valence-electron chi connectivity index (χ0n) is 30.7. The van der Waals surface area contributed by atoms with Crippen LogP contribution in [-0.2, 0) is 0 Å². The molecule has 0 amide bonds. The molecule has 0 radical (unpaired) electrons. The van der Waals surface area contributed by atoms with Crippen molar-refractivity contribution >= 4 is 76.7 Å². The minimum atomic E-state index is -0.175. The predicted octanol–water partition coefficient (Wildman–Crippen LogP) is 12.9. The molecular formula is C51H34N4S2. The maximum atomic E-state index is 5.28. The molecule has 4 heterocycles. The lowest BCUT2D eigenvalue weighted by Gasteiger charge is -2.33. The number of thioether (sulfide) groups is 1. The normalized spacial score (nSPS) is 18.7. The van der Waals surface area contributed by atoms with Gasteiger partial charge in [0.1, 0.15) is 12.0 Å². The number of nitrogens with zero attached hydrogens (tertiary/aromatic N) is 3. The van der Waals surface area contributed by atoms with E-state index in [1.54, 1.807) is 0 Å². The van der Waals surface area contributed by atoms with Crippen molar-refractivity contribution in [3.63, 3.8) is 0 Å². The molecule has 12 rings (SSSR count). The molecule has 4 nitrogen and oxygen atoms in total. The van der Waals surface area contributed by atoms with Crippen LogP contribution in [0.5, 0.6) is 0 Å². The molecule has 2 aliphatic heterocycles. The molecule has 0 bridgehead atoms. The first-order chi connectivity index (χ1) is 28.2. The summed E-state index contributed by atoms with van der Waals surface area (Å²) in [4.78, 5) is 13.0. The Morgan fingerprint density at radius 3 is 1.98 bits per heavy atom. The second-order valence-corrected chi connectivity index (χ2v) is 17.2. The number of para-hydroxylation sites is 2. The van der Waals surface area contributed by atoms with Gasteiger partial charge >= 0.3 is 0 Å². The van der Waals surface area contributed by atoms with Crippen LogP contribution in [0.25, 0.3) is 58.8 Å². The van der Waals surface area contributed by atoms with E-state index in [2.05, 4.69) is 180 Å². The van der Waals surface area contributed by atoms with Crippen molar-refractivity contribution in [2.24, 2.45) is 15.9 Å². The minimum absolute atomic E-state index is 0.120. The lowest BCUT2D eigenvalue weighted by atomic mass is 9.80. The van der Waals surface area contributed by atoms with E-state index in [4.69, 9.17) is 9.98 Å². The Hall–Kier alpha value is -6.47. The van der Waals surface area contributed by atoms with Crippen molar-refractivity contribution in [3.8, 4) is 16.8 Å². The van der Waals surface area contributed by atoms with E-state index in [0.29, 0.717) is 0 Å². The van der Waals surface area contributed by atoms with Crippen LogP contribution in [0, 0.1) is 5.92 Å². The van der Waals surface area contributed by atoms with E-state index in [9.17, 15) is 0 Å². The molecule has 0 saturated carbocycles. The van der Waals surface area contributed by atoms with Gasteiger partial charge < -0.3 is 9.88 Å². The van der Waals surface area contributed by atoms with E-state index in [1.807, 2.05) is 35.2 Å². The molecule has 1 N–H and O–H groups in total. The molecule has 3 aliphatic rings. The highest BCUT2D eigenvalue weighted by Gasteiger charge is 2.40. The highest BCUT2D eigenvalue weighted by Crippen LogP contribution is 2.55. The minimum Gasteiger partial charge on any atom is -0.347 e. The van der Waals surface area contributed by atoms with E-state index < -0.39 is 0 Å². The Bertz CT molecular complexity index is 3150. The molecule has 270 valence electrons. The summed E-state index contributed by atoms with van der Waals surface area (Å²) in [6.45, 7) is 0. The van der Waals surface area contributed by atoms with Crippen LogP contribution in [0.2, 0.25) is 0 Å². The van der Waals surface area contributed by atoms with Gasteiger partial charge in [-0.25, -0.2) is 9.98 Å². The van der Waals surface area contributed by atoms with Gasteiger partial charge in [0.15, 0.2) is 5.84 Å². The van der Waals surface area contributed by atoms with Crippen molar-refractivity contribution in [3.05, 3.63) is 204 Å². The summed E-state index contributed by atoms with van der Waals surface area (Å²) in [7, 11) is 0. The summed E-state index contributed by atoms with van der Waals surface area (Å²) in [6.07, 6.45) is 6.66. The molecule has 6 heteroatoms. The molecule has 0 fully saturated rings. The van der Waals surface area contributed by atoms with Crippen LogP contribution < -0.4 is 5.32 Å². The highest BCUT2D eigenvalue weighted by atomic mass is 32.2. The van der Waals surface area contributed by atoms with Crippen LogP contribution in [0.3, 0.4) is 0 Å². The number of fused-ring (bicyclic) bond motifs is 9. The molecular weight excluding hydrogens is 733 g/mol. The van der Waals surface area contributed by atoms with Crippen molar-refractivity contribution in [1.29, 1.82) is 0 Å². The molecule has 0 spiro atoms. The smallest absolute Gasteiger partial charge is 0.159 e. The van der Waals surface area contributed by atoms with Gasteiger partial charge in [-0.2, -0.15) is 0 Å². The first-order valence-corrected chi connectivity index (χ1v) is 21.1. The topological polar surface area (TPSA) is 41.7 Å². The maximum absolute atomic E-state index is 5.28. The third-order valence-electron chi connectivity index (χ3n) is 11.7. The average molecular weight is 767 g/mol. The van der Waals surface area contributed by atoms with E-state index in [1.165, 1.54) is 74.2 Å². The number of rotatable bonds is 5. The van der Waals surface area contributed by atoms with Crippen molar-refractivity contribution < 1.29 is 0 Å². The number of aliphatic imine (C=N–C) groups is 2. The Balaban J connectivity index is 0.906. The van der Waals surface area contributed by atoms with Gasteiger partial charge in [0, 0.05) is 64.5 Å². The molecule has 7 aromatic carbocycles. The van der Waals surface area contributed by atoms with E-state index in [-0.39, 0.29) is 18.0 Å².